The summed E-state index contributed by atoms with van der Waals surface area (Å²) in [7, 11) is 1.54. The molecular weight excluding hydrogens is 401 g/mol. The molecule has 1 amide bonds. The average Bonchev–Trinajstić information content (AvgIpc) is 3.08. The number of aryl methyl sites for hydroxylation is 2. The largest absolute Gasteiger partial charge is 0.573 e. The highest BCUT2D eigenvalue weighted by atomic mass is 19.4. The van der Waals surface area contributed by atoms with E-state index in [-0.39, 0.29) is 11.7 Å². The van der Waals surface area contributed by atoms with E-state index < -0.39 is 6.36 Å². The van der Waals surface area contributed by atoms with Gasteiger partial charge < -0.3 is 14.8 Å². The molecule has 0 aliphatic rings. The summed E-state index contributed by atoms with van der Waals surface area (Å²) in [4.78, 5) is 16.9. The van der Waals surface area contributed by atoms with Crippen LogP contribution in [0.4, 0.5) is 13.2 Å². The molecule has 0 atom stereocenters. The van der Waals surface area contributed by atoms with Crippen LogP contribution in [0.25, 0.3) is 5.65 Å². The Bertz CT molecular complexity index is 1060. The number of hydrogen-bond donors (Lipinski definition) is 1. The van der Waals surface area contributed by atoms with Gasteiger partial charge in [-0.3, -0.25) is 4.79 Å². The molecule has 30 heavy (non-hydrogen) atoms. The number of nitrogens with one attached hydrogen (secondary N) is 1. The van der Waals surface area contributed by atoms with Gasteiger partial charge in [0.1, 0.15) is 11.3 Å². The van der Waals surface area contributed by atoms with Crippen LogP contribution < -0.4 is 10.1 Å². The van der Waals surface area contributed by atoms with Crippen LogP contribution in [-0.2, 0) is 11.2 Å². The van der Waals surface area contributed by atoms with Crippen molar-refractivity contribution < 1.29 is 27.4 Å². The lowest BCUT2D eigenvalue weighted by Crippen LogP contribution is -2.27. The Morgan fingerprint density at radius 2 is 2.03 bits per heavy atom. The van der Waals surface area contributed by atoms with Crippen molar-refractivity contribution >= 4 is 11.6 Å². The predicted octanol–water partition coefficient (Wildman–Crippen LogP) is 3.21. The maximum absolute atomic E-state index is 12.5. The number of aromatic nitrogens is 3. The van der Waals surface area contributed by atoms with Gasteiger partial charge in [-0.25, -0.2) is 9.50 Å². The van der Waals surface area contributed by atoms with Gasteiger partial charge >= 0.3 is 6.36 Å². The minimum Gasteiger partial charge on any atom is -0.406 e. The van der Waals surface area contributed by atoms with Crippen molar-refractivity contribution in [3.63, 3.8) is 0 Å². The minimum atomic E-state index is -4.75. The van der Waals surface area contributed by atoms with E-state index in [1.165, 1.54) is 24.4 Å². The van der Waals surface area contributed by atoms with E-state index in [4.69, 9.17) is 4.74 Å². The molecule has 0 aliphatic carbocycles. The zero-order valence-electron chi connectivity index (χ0n) is 16.7. The van der Waals surface area contributed by atoms with E-state index in [0.29, 0.717) is 42.0 Å². The molecule has 0 bridgehead atoms. The monoisotopic (exact) mass is 422 g/mol. The molecule has 3 rings (SSSR count). The molecule has 0 saturated carbocycles. The Balaban J connectivity index is 1.89. The zero-order chi connectivity index (χ0) is 21.9. The second-order valence-corrected chi connectivity index (χ2v) is 6.68. The smallest absolute Gasteiger partial charge is 0.406 e. The fraction of sp³-hybridized carbons (Fsp3) is 0.350. The maximum Gasteiger partial charge on any atom is 0.573 e. The van der Waals surface area contributed by atoms with Gasteiger partial charge in [0, 0.05) is 31.5 Å². The predicted molar refractivity (Wildman–Crippen MR) is 103 cm³/mol. The number of methoxy groups -OCH3 is 1. The highest BCUT2D eigenvalue weighted by Gasteiger charge is 2.31. The van der Waals surface area contributed by atoms with Crippen molar-refractivity contribution in [2.75, 3.05) is 20.3 Å². The molecule has 0 radical (unpaired) electrons. The molecular formula is C20H21F3N4O3. The number of alkyl halides is 3. The molecule has 2 aromatic heterocycles. The normalized spacial score (nSPS) is 11.7. The molecule has 160 valence electrons. The number of fused-ring (bicyclic) bond motifs is 1. The highest BCUT2D eigenvalue weighted by molar-refractivity contribution is 5.99. The summed E-state index contributed by atoms with van der Waals surface area (Å²) < 4.78 is 47.9. The van der Waals surface area contributed by atoms with Crippen molar-refractivity contribution in [3.8, 4) is 5.75 Å². The van der Waals surface area contributed by atoms with Crippen LogP contribution in [0.3, 0.4) is 0 Å². The summed E-state index contributed by atoms with van der Waals surface area (Å²) in [6.45, 7) is 4.36. The third kappa shape index (κ3) is 4.88. The maximum atomic E-state index is 12.5. The molecule has 0 fully saturated rings. The van der Waals surface area contributed by atoms with Gasteiger partial charge in [-0.05, 0) is 37.1 Å². The topological polar surface area (TPSA) is 77.8 Å². The number of carbonyl (C=O) groups is 1. The highest BCUT2D eigenvalue weighted by Crippen LogP contribution is 2.26. The van der Waals surface area contributed by atoms with E-state index >= 15 is 0 Å². The number of nitrogens with zero attached hydrogens (tertiary/aromatic N) is 3. The number of halogens is 3. The van der Waals surface area contributed by atoms with Crippen LogP contribution in [0.15, 0.2) is 30.5 Å². The fourth-order valence-electron chi connectivity index (χ4n) is 3.15. The third-order valence-electron chi connectivity index (χ3n) is 4.56. The number of amides is 1. The second kappa shape index (κ2) is 8.70. The molecule has 10 heteroatoms. The van der Waals surface area contributed by atoms with Crippen LogP contribution in [0, 0.1) is 13.8 Å². The Morgan fingerprint density at radius 1 is 1.27 bits per heavy atom. The van der Waals surface area contributed by atoms with Gasteiger partial charge in [0.05, 0.1) is 12.8 Å². The van der Waals surface area contributed by atoms with Crippen molar-refractivity contribution in [2.45, 2.75) is 26.6 Å². The number of carbonyl (C=O) groups excluding carboxylic acids is 1. The van der Waals surface area contributed by atoms with Crippen molar-refractivity contribution in [1.29, 1.82) is 0 Å². The van der Waals surface area contributed by atoms with Gasteiger partial charge in [-0.2, -0.15) is 5.10 Å². The van der Waals surface area contributed by atoms with E-state index in [0.717, 1.165) is 11.3 Å². The van der Waals surface area contributed by atoms with Crippen LogP contribution in [0.2, 0.25) is 0 Å². The third-order valence-corrected chi connectivity index (χ3v) is 4.56. The number of hydrogen-bond acceptors (Lipinski definition) is 5. The number of benzene rings is 1. The zero-order valence-corrected chi connectivity index (χ0v) is 16.7. The summed E-state index contributed by atoms with van der Waals surface area (Å²) in [6.07, 6.45) is -2.97. The fourth-order valence-corrected chi connectivity index (χ4v) is 3.15. The molecule has 0 unspecified atom stereocenters. The minimum absolute atomic E-state index is 0.279. The summed E-state index contributed by atoms with van der Waals surface area (Å²) in [6, 6.07) is 5.81. The first kappa shape index (κ1) is 21.6. The Kier molecular flexibility index (Phi) is 6.25. The lowest BCUT2D eigenvalue weighted by atomic mass is 10.0. The van der Waals surface area contributed by atoms with Crippen LogP contribution >= 0.6 is 0 Å². The number of ether oxygens (including phenoxy) is 2. The van der Waals surface area contributed by atoms with Gasteiger partial charge in [0.25, 0.3) is 5.91 Å². The lowest BCUT2D eigenvalue weighted by molar-refractivity contribution is -0.274. The van der Waals surface area contributed by atoms with Crippen LogP contribution in [0.1, 0.15) is 32.9 Å². The Morgan fingerprint density at radius 3 is 2.73 bits per heavy atom. The summed E-state index contributed by atoms with van der Waals surface area (Å²) in [5.41, 5.74) is 3.60. The van der Waals surface area contributed by atoms with Gasteiger partial charge in [0.15, 0.2) is 5.65 Å². The summed E-state index contributed by atoms with van der Waals surface area (Å²) in [5, 5.41) is 7.00. The van der Waals surface area contributed by atoms with Gasteiger partial charge in [-0.15, -0.1) is 13.2 Å². The summed E-state index contributed by atoms with van der Waals surface area (Å²) >= 11 is 0. The van der Waals surface area contributed by atoms with Crippen molar-refractivity contribution in [1.82, 2.24) is 19.9 Å². The second-order valence-electron chi connectivity index (χ2n) is 6.68. The van der Waals surface area contributed by atoms with E-state index in [2.05, 4.69) is 20.1 Å². The van der Waals surface area contributed by atoms with E-state index in [9.17, 15) is 18.0 Å². The van der Waals surface area contributed by atoms with E-state index in [1.807, 2.05) is 6.92 Å². The van der Waals surface area contributed by atoms with Gasteiger partial charge in [0.2, 0.25) is 0 Å². The lowest BCUT2D eigenvalue weighted by Gasteiger charge is -2.13. The van der Waals surface area contributed by atoms with Gasteiger partial charge in [-0.1, -0.05) is 12.1 Å². The first-order valence-electron chi connectivity index (χ1n) is 9.15. The molecule has 2 heterocycles. The molecule has 3 aromatic rings. The first-order valence-corrected chi connectivity index (χ1v) is 9.15. The SMILES string of the molecule is COCCNC(=O)c1cnn2c(C)c(Cc3cccc(OC(F)(F)F)c3)c(C)nc12. The number of rotatable bonds is 7. The van der Waals surface area contributed by atoms with Crippen molar-refractivity contribution in [2.24, 2.45) is 0 Å². The molecule has 0 saturated heterocycles. The summed E-state index contributed by atoms with van der Waals surface area (Å²) in [5.74, 6) is -0.587. The Hall–Kier alpha value is -3.14. The first-order chi connectivity index (χ1) is 14.2. The molecule has 0 aliphatic heterocycles. The molecule has 0 spiro atoms. The molecule has 1 N–H and O–H groups in total. The quantitative estimate of drug-likeness (QED) is 0.592. The average molecular weight is 422 g/mol. The van der Waals surface area contributed by atoms with E-state index in [1.54, 1.807) is 24.6 Å². The molecule has 1 aromatic carbocycles. The van der Waals surface area contributed by atoms with Crippen LogP contribution in [-0.4, -0.2) is 47.1 Å². The Labute approximate surface area is 170 Å². The molecule has 7 nitrogen and oxygen atoms in total. The standard InChI is InChI=1S/C20H21F3N4O3/c1-12-16(10-14-5-4-6-15(9-14)30-20(21,22)23)13(2)27-18(26-12)17(11-25-27)19(28)24-7-8-29-3/h4-6,9,11H,7-8,10H2,1-3H3,(H,24,28). The van der Waals surface area contributed by atoms with Crippen LogP contribution in [0.5, 0.6) is 5.75 Å². The van der Waals surface area contributed by atoms with Crippen molar-refractivity contribution in [3.05, 3.63) is 58.5 Å².